The third-order valence-corrected chi connectivity index (χ3v) is 3.88. The number of nitrogen functional groups attached to an aromatic ring is 1. The van der Waals surface area contributed by atoms with Crippen LogP contribution in [0.5, 0.6) is 0 Å². The Labute approximate surface area is 124 Å². The van der Waals surface area contributed by atoms with Gasteiger partial charge >= 0.3 is 0 Å². The number of fused-ring (bicyclic) bond motifs is 1. The molecule has 0 aliphatic carbocycles. The van der Waals surface area contributed by atoms with Crippen molar-refractivity contribution in [2.24, 2.45) is 0 Å². The molecule has 3 N–H and O–H groups in total. The number of amides is 1. The highest BCUT2D eigenvalue weighted by Crippen LogP contribution is 2.23. The zero-order valence-corrected chi connectivity index (χ0v) is 11.8. The summed E-state index contributed by atoms with van der Waals surface area (Å²) in [4.78, 5) is 16.4. The van der Waals surface area contributed by atoms with Crippen molar-refractivity contribution in [3.63, 3.8) is 0 Å². The summed E-state index contributed by atoms with van der Waals surface area (Å²) < 4.78 is 1.02. The standard InChI is InChI=1S/C14H10ClN3OS/c15-8-1-3-11(16)10(5-8)14(19)18-9-2-4-12-13(6-9)20-7-17-12/h1-7H,16H2,(H,18,19). The molecule has 0 saturated carbocycles. The molecule has 0 aliphatic rings. The fraction of sp³-hybridized carbons (Fsp3) is 0. The Bertz CT molecular complexity index is 800. The monoisotopic (exact) mass is 303 g/mol. The number of hydrogen-bond donors (Lipinski definition) is 2. The van der Waals surface area contributed by atoms with Crippen molar-refractivity contribution >= 4 is 50.4 Å². The first-order chi connectivity index (χ1) is 9.63. The molecule has 6 heteroatoms. The number of benzene rings is 2. The molecule has 0 radical (unpaired) electrons. The zero-order chi connectivity index (χ0) is 14.1. The van der Waals surface area contributed by atoms with Gasteiger partial charge < -0.3 is 11.1 Å². The van der Waals surface area contributed by atoms with E-state index in [1.54, 1.807) is 29.8 Å². The van der Waals surface area contributed by atoms with Gasteiger partial charge in [-0.1, -0.05) is 11.6 Å². The molecule has 100 valence electrons. The van der Waals surface area contributed by atoms with Gasteiger partial charge in [0.1, 0.15) is 0 Å². The van der Waals surface area contributed by atoms with Crippen LogP contribution in [0.1, 0.15) is 10.4 Å². The molecule has 1 amide bonds. The summed E-state index contributed by atoms with van der Waals surface area (Å²) in [5.41, 5.74) is 9.93. The predicted octanol–water partition coefficient (Wildman–Crippen LogP) is 3.78. The number of aromatic nitrogens is 1. The van der Waals surface area contributed by atoms with Gasteiger partial charge in [0.2, 0.25) is 0 Å². The molecule has 0 atom stereocenters. The molecule has 0 spiro atoms. The van der Waals surface area contributed by atoms with E-state index in [9.17, 15) is 4.79 Å². The van der Waals surface area contributed by atoms with Crippen LogP contribution in [0.2, 0.25) is 5.02 Å². The molecule has 0 unspecified atom stereocenters. The third-order valence-electron chi connectivity index (χ3n) is 2.85. The van der Waals surface area contributed by atoms with Crippen molar-refractivity contribution in [2.75, 3.05) is 11.1 Å². The van der Waals surface area contributed by atoms with Gasteiger partial charge in [0.05, 0.1) is 21.3 Å². The molecule has 1 heterocycles. The number of nitrogens with one attached hydrogen (secondary N) is 1. The van der Waals surface area contributed by atoms with Crippen LogP contribution in [0, 0.1) is 0 Å². The van der Waals surface area contributed by atoms with Crippen LogP contribution < -0.4 is 11.1 Å². The number of thiazole rings is 1. The van der Waals surface area contributed by atoms with E-state index in [1.165, 1.54) is 11.3 Å². The number of halogens is 1. The highest BCUT2D eigenvalue weighted by Gasteiger charge is 2.11. The minimum Gasteiger partial charge on any atom is -0.398 e. The van der Waals surface area contributed by atoms with E-state index in [1.807, 2.05) is 12.1 Å². The quantitative estimate of drug-likeness (QED) is 0.708. The van der Waals surface area contributed by atoms with Crippen LogP contribution in [0.25, 0.3) is 10.2 Å². The van der Waals surface area contributed by atoms with Gasteiger partial charge in [0.25, 0.3) is 5.91 Å². The molecular weight excluding hydrogens is 294 g/mol. The molecule has 0 saturated heterocycles. The fourth-order valence-electron chi connectivity index (χ4n) is 1.86. The second kappa shape index (κ2) is 5.11. The summed E-state index contributed by atoms with van der Waals surface area (Å²) in [6.45, 7) is 0. The lowest BCUT2D eigenvalue weighted by molar-refractivity contribution is 0.102. The van der Waals surface area contributed by atoms with E-state index in [-0.39, 0.29) is 5.91 Å². The highest BCUT2D eigenvalue weighted by molar-refractivity contribution is 7.16. The van der Waals surface area contributed by atoms with Gasteiger partial charge in [-0.05, 0) is 36.4 Å². The van der Waals surface area contributed by atoms with Gasteiger partial charge in [-0.15, -0.1) is 11.3 Å². The normalized spacial score (nSPS) is 10.7. The maximum atomic E-state index is 12.2. The van der Waals surface area contributed by atoms with Crippen molar-refractivity contribution in [2.45, 2.75) is 0 Å². The Morgan fingerprint density at radius 1 is 1.25 bits per heavy atom. The molecule has 3 aromatic rings. The van der Waals surface area contributed by atoms with Crippen molar-refractivity contribution in [3.05, 3.63) is 52.5 Å². The molecule has 1 aromatic heterocycles. The van der Waals surface area contributed by atoms with Gasteiger partial charge in [0.15, 0.2) is 0 Å². The average molecular weight is 304 g/mol. The largest absolute Gasteiger partial charge is 0.398 e. The van der Waals surface area contributed by atoms with E-state index in [2.05, 4.69) is 10.3 Å². The molecule has 0 bridgehead atoms. The fourth-order valence-corrected chi connectivity index (χ4v) is 2.74. The highest BCUT2D eigenvalue weighted by atomic mass is 35.5. The molecule has 4 nitrogen and oxygen atoms in total. The molecule has 3 rings (SSSR count). The van der Waals surface area contributed by atoms with Crippen LogP contribution >= 0.6 is 22.9 Å². The van der Waals surface area contributed by atoms with Gasteiger partial charge in [-0.3, -0.25) is 4.79 Å². The van der Waals surface area contributed by atoms with Crippen molar-refractivity contribution < 1.29 is 4.79 Å². The maximum absolute atomic E-state index is 12.2. The van der Waals surface area contributed by atoms with Crippen LogP contribution in [0.4, 0.5) is 11.4 Å². The lowest BCUT2D eigenvalue weighted by Crippen LogP contribution is -2.13. The lowest BCUT2D eigenvalue weighted by Gasteiger charge is -2.08. The number of carbonyl (C=O) groups is 1. The van der Waals surface area contributed by atoms with E-state index >= 15 is 0 Å². The van der Waals surface area contributed by atoms with E-state index in [0.717, 1.165) is 10.2 Å². The summed E-state index contributed by atoms with van der Waals surface area (Å²) in [6, 6.07) is 10.4. The Balaban J connectivity index is 1.89. The van der Waals surface area contributed by atoms with Gasteiger partial charge in [-0.2, -0.15) is 0 Å². The number of rotatable bonds is 2. The summed E-state index contributed by atoms with van der Waals surface area (Å²) >= 11 is 7.41. The first kappa shape index (κ1) is 12.9. The second-order valence-electron chi connectivity index (χ2n) is 4.22. The summed E-state index contributed by atoms with van der Waals surface area (Å²) in [5, 5.41) is 3.28. The Kier molecular flexibility index (Phi) is 3.30. The molecule has 20 heavy (non-hydrogen) atoms. The molecule has 2 aromatic carbocycles. The third kappa shape index (κ3) is 2.45. The smallest absolute Gasteiger partial charge is 0.257 e. The second-order valence-corrected chi connectivity index (χ2v) is 5.54. The zero-order valence-electron chi connectivity index (χ0n) is 10.3. The first-order valence-corrected chi connectivity index (χ1v) is 7.09. The Morgan fingerprint density at radius 3 is 2.95 bits per heavy atom. The average Bonchev–Trinajstić information content (AvgIpc) is 2.89. The minimum absolute atomic E-state index is 0.283. The topological polar surface area (TPSA) is 68.0 Å². The minimum atomic E-state index is -0.283. The van der Waals surface area contributed by atoms with Crippen LogP contribution in [-0.2, 0) is 0 Å². The maximum Gasteiger partial charge on any atom is 0.257 e. The Hall–Kier alpha value is -2.11. The molecular formula is C14H10ClN3OS. The van der Waals surface area contributed by atoms with Crippen LogP contribution in [0.15, 0.2) is 41.9 Å². The van der Waals surface area contributed by atoms with Gasteiger partial charge in [-0.25, -0.2) is 4.98 Å². The predicted molar refractivity (Wildman–Crippen MR) is 83.4 cm³/mol. The number of nitrogens with zero attached hydrogens (tertiary/aromatic N) is 1. The summed E-state index contributed by atoms with van der Waals surface area (Å²) in [7, 11) is 0. The van der Waals surface area contributed by atoms with Crippen molar-refractivity contribution in [1.82, 2.24) is 4.98 Å². The number of nitrogens with two attached hydrogens (primary N) is 1. The number of carbonyl (C=O) groups excluding carboxylic acids is 1. The number of hydrogen-bond acceptors (Lipinski definition) is 4. The van der Waals surface area contributed by atoms with Crippen LogP contribution in [0.3, 0.4) is 0 Å². The van der Waals surface area contributed by atoms with Crippen molar-refractivity contribution in [1.29, 1.82) is 0 Å². The number of anilines is 2. The van der Waals surface area contributed by atoms with E-state index in [0.29, 0.717) is 22.0 Å². The first-order valence-electron chi connectivity index (χ1n) is 5.83. The van der Waals surface area contributed by atoms with Crippen molar-refractivity contribution in [3.8, 4) is 0 Å². The van der Waals surface area contributed by atoms with Gasteiger partial charge in [0, 0.05) is 16.4 Å². The summed E-state index contributed by atoms with van der Waals surface area (Å²) in [5.74, 6) is -0.283. The Morgan fingerprint density at radius 2 is 2.10 bits per heavy atom. The SMILES string of the molecule is Nc1ccc(Cl)cc1C(=O)Nc1ccc2ncsc2c1. The lowest BCUT2D eigenvalue weighted by atomic mass is 10.1. The molecule has 0 aliphatic heterocycles. The van der Waals surface area contributed by atoms with Crippen LogP contribution in [-0.4, -0.2) is 10.9 Å². The molecule has 0 fully saturated rings. The summed E-state index contributed by atoms with van der Waals surface area (Å²) in [6.07, 6.45) is 0. The van der Waals surface area contributed by atoms with E-state index in [4.69, 9.17) is 17.3 Å². The van der Waals surface area contributed by atoms with E-state index < -0.39 is 0 Å².